The van der Waals surface area contributed by atoms with E-state index in [0.29, 0.717) is 35.3 Å². The van der Waals surface area contributed by atoms with Crippen molar-refractivity contribution >= 4 is 5.91 Å². The number of carbonyl (C=O) groups excluding carboxylic acids is 1. The molecule has 1 heterocycles. The van der Waals surface area contributed by atoms with Crippen LogP contribution in [-0.2, 0) is 16.1 Å². The molecule has 1 saturated heterocycles. The molecule has 12 atom stereocenters. The van der Waals surface area contributed by atoms with Crippen molar-refractivity contribution in [1.29, 1.82) is 0 Å². The largest absolute Gasteiger partial charge is 0.393 e. The Kier molecular flexibility index (Phi) is 6.45. The van der Waals surface area contributed by atoms with Crippen LogP contribution in [0.3, 0.4) is 0 Å². The van der Waals surface area contributed by atoms with Crippen LogP contribution in [0.15, 0.2) is 24.3 Å². The number of ether oxygens (including phenoxy) is 1. The molecule has 6 aliphatic rings. The smallest absolute Gasteiger partial charge is 0.219 e. The standard InChI is InChI=1S/C36H52FNO4/c1-21-17-24(19-38(22(2)39)18-23-9-7-8-10-25(23)37)42-30-29(21)33(5)15-16-36-20-35(36)14-13-28(40)32(3,4)26(35)11-12-27(36)34(33,6)31(30)41/h7-10,21,24,26-31,40-41H,11-20H2,1-6H3/t21-,24?,26+,27?,28?,29+,30?,31+,33?,34-,35?,36?/m1/s1. The fourth-order valence-corrected chi connectivity index (χ4v) is 12.9. The van der Waals surface area contributed by atoms with Gasteiger partial charge >= 0.3 is 0 Å². The highest BCUT2D eigenvalue weighted by molar-refractivity contribution is 5.73. The SMILES string of the molecule is CC(=O)N(Cc1ccccc1F)CC1C[C@@H](C)[C@H]2C(O1)[C@H](O)[C@@]1(C)C3CC[C@H]4C(C)(C)C(O)CCC45CC35CCC21C. The zero-order valence-corrected chi connectivity index (χ0v) is 26.5. The number of rotatable bonds is 4. The number of nitrogens with zero attached hydrogens (tertiary/aromatic N) is 1. The maximum atomic E-state index is 14.5. The highest BCUT2D eigenvalue weighted by Crippen LogP contribution is 2.89. The summed E-state index contributed by atoms with van der Waals surface area (Å²) in [5.74, 6) is 1.28. The lowest BCUT2D eigenvalue weighted by atomic mass is 9.41. The van der Waals surface area contributed by atoms with Gasteiger partial charge in [-0.2, -0.15) is 0 Å². The first-order valence-electron chi connectivity index (χ1n) is 16.7. The number of aliphatic hydroxyl groups excluding tert-OH is 2. The lowest BCUT2D eigenvalue weighted by Gasteiger charge is -2.63. The van der Waals surface area contributed by atoms with Gasteiger partial charge in [-0.15, -0.1) is 0 Å². The first kappa shape index (κ1) is 29.2. The van der Waals surface area contributed by atoms with Gasteiger partial charge in [-0.05, 0) is 103 Å². The van der Waals surface area contributed by atoms with E-state index in [4.69, 9.17) is 4.74 Å². The quantitative estimate of drug-likeness (QED) is 0.435. The summed E-state index contributed by atoms with van der Waals surface area (Å²) >= 11 is 0. The summed E-state index contributed by atoms with van der Waals surface area (Å²) < 4.78 is 21.3. The number of benzene rings is 1. The van der Waals surface area contributed by atoms with Gasteiger partial charge in [0, 0.05) is 31.0 Å². The zero-order chi connectivity index (χ0) is 30.0. The van der Waals surface area contributed by atoms with Crippen LogP contribution >= 0.6 is 0 Å². The van der Waals surface area contributed by atoms with Gasteiger partial charge in [-0.25, -0.2) is 4.39 Å². The van der Waals surface area contributed by atoms with E-state index < -0.39 is 6.10 Å². The van der Waals surface area contributed by atoms with Crippen LogP contribution in [-0.4, -0.2) is 52.0 Å². The molecule has 7 rings (SSSR count). The molecule has 1 aromatic carbocycles. The molecule has 5 nitrogen and oxygen atoms in total. The first-order valence-corrected chi connectivity index (χ1v) is 16.7. The van der Waals surface area contributed by atoms with Crippen LogP contribution < -0.4 is 0 Å². The molecule has 232 valence electrons. The molecule has 0 bridgehead atoms. The summed E-state index contributed by atoms with van der Waals surface area (Å²) in [6.45, 7) is 14.0. The van der Waals surface area contributed by atoms with Crippen molar-refractivity contribution in [1.82, 2.24) is 4.90 Å². The Morgan fingerprint density at radius 3 is 2.43 bits per heavy atom. The predicted octanol–water partition coefficient (Wildman–Crippen LogP) is 6.35. The normalized spacial score (nSPS) is 50.0. The van der Waals surface area contributed by atoms with E-state index in [-0.39, 0.29) is 64.2 Å². The predicted molar refractivity (Wildman–Crippen MR) is 160 cm³/mol. The number of halogens is 1. The Labute approximate surface area is 251 Å². The molecule has 1 aromatic rings. The average molecular weight is 582 g/mol. The van der Waals surface area contributed by atoms with Crippen LogP contribution in [0.25, 0.3) is 0 Å². The number of hydrogen-bond donors (Lipinski definition) is 2. The summed E-state index contributed by atoms with van der Waals surface area (Å²) in [5, 5.41) is 23.4. The topological polar surface area (TPSA) is 70.0 Å². The monoisotopic (exact) mass is 581 g/mol. The van der Waals surface area contributed by atoms with Crippen LogP contribution in [0.5, 0.6) is 0 Å². The second-order valence-corrected chi connectivity index (χ2v) is 16.6. The maximum absolute atomic E-state index is 14.5. The molecular weight excluding hydrogens is 529 g/mol. The third kappa shape index (κ3) is 3.55. The Balaban J connectivity index is 1.15. The molecule has 5 saturated carbocycles. The highest BCUT2D eigenvalue weighted by atomic mass is 19.1. The molecule has 2 spiro atoms. The first-order chi connectivity index (χ1) is 19.7. The molecule has 6 fully saturated rings. The van der Waals surface area contributed by atoms with E-state index in [1.165, 1.54) is 18.9 Å². The van der Waals surface area contributed by atoms with E-state index >= 15 is 0 Å². The summed E-state index contributed by atoms with van der Waals surface area (Å²) in [7, 11) is 0. The molecule has 1 amide bonds. The van der Waals surface area contributed by atoms with E-state index in [0.717, 1.165) is 38.5 Å². The van der Waals surface area contributed by atoms with Gasteiger partial charge < -0.3 is 19.8 Å². The van der Waals surface area contributed by atoms with E-state index in [1.807, 2.05) is 0 Å². The Morgan fingerprint density at radius 1 is 1.02 bits per heavy atom. The Hall–Kier alpha value is -1.50. The summed E-state index contributed by atoms with van der Waals surface area (Å²) in [6.07, 6.45) is 7.58. The summed E-state index contributed by atoms with van der Waals surface area (Å²) in [5.41, 5.74) is 0.826. The fraction of sp³-hybridized carbons (Fsp3) is 0.806. The van der Waals surface area contributed by atoms with Crippen LogP contribution in [0.2, 0.25) is 0 Å². The molecule has 7 unspecified atom stereocenters. The van der Waals surface area contributed by atoms with E-state index in [9.17, 15) is 19.4 Å². The van der Waals surface area contributed by atoms with Gasteiger partial charge in [-0.1, -0.05) is 52.8 Å². The average Bonchev–Trinajstić information content (AvgIpc) is 3.57. The van der Waals surface area contributed by atoms with Crippen molar-refractivity contribution in [3.63, 3.8) is 0 Å². The number of carbonyl (C=O) groups is 1. The minimum Gasteiger partial charge on any atom is -0.393 e. The minimum absolute atomic E-state index is 0.00880. The summed E-state index contributed by atoms with van der Waals surface area (Å²) in [6, 6.07) is 6.65. The second-order valence-electron chi connectivity index (χ2n) is 16.6. The fourth-order valence-electron chi connectivity index (χ4n) is 12.9. The van der Waals surface area contributed by atoms with Gasteiger partial charge in [-0.3, -0.25) is 4.79 Å². The van der Waals surface area contributed by atoms with Gasteiger partial charge in [0.25, 0.3) is 0 Å². The third-order valence-electron chi connectivity index (χ3n) is 15.0. The molecule has 2 N–H and O–H groups in total. The molecule has 0 radical (unpaired) electrons. The molecule has 1 aliphatic heterocycles. The van der Waals surface area contributed by atoms with Gasteiger partial charge in [0.2, 0.25) is 5.91 Å². The van der Waals surface area contributed by atoms with Crippen LogP contribution in [0.4, 0.5) is 4.39 Å². The molecular formula is C36H52FNO4. The molecule has 6 heteroatoms. The van der Waals surface area contributed by atoms with Crippen molar-refractivity contribution < 1.29 is 24.1 Å². The minimum atomic E-state index is -0.548. The van der Waals surface area contributed by atoms with Crippen molar-refractivity contribution in [3.05, 3.63) is 35.6 Å². The lowest BCUT2D eigenvalue weighted by Crippen LogP contribution is -2.59. The van der Waals surface area contributed by atoms with Crippen molar-refractivity contribution in [2.24, 2.45) is 50.7 Å². The number of aliphatic hydroxyl groups is 2. The molecule has 42 heavy (non-hydrogen) atoms. The second kappa shape index (κ2) is 9.26. The summed E-state index contributed by atoms with van der Waals surface area (Å²) in [4.78, 5) is 14.4. The van der Waals surface area contributed by atoms with Gasteiger partial charge in [0.15, 0.2) is 0 Å². The van der Waals surface area contributed by atoms with E-state index in [2.05, 4.69) is 34.6 Å². The van der Waals surface area contributed by atoms with Gasteiger partial charge in [0.05, 0.1) is 24.4 Å². The highest BCUT2D eigenvalue weighted by Gasteiger charge is 2.84. The van der Waals surface area contributed by atoms with Crippen LogP contribution in [0, 0.1) is 56.6 Å². The molecule has 0 aromatic heterocycles. The zero-order valence-electron chi connectivity index (χ0n) is 26.5. The maximum Gasteiger partial charge on any atom is 0.219 e. The van der Waals surface area contributed by atoms with Crippen LogP contribution in [0.1, 0.15) is 98.5 Å². The Morgan fingerprint density at radius 2 is 1.71 bits per heavy atom. The lowest BCUT2D eigenvalue weighted by molar-refractivity contribution is -0.182. The van der Waals surface area contributed by atoms with E-state index in [1.54, 1.807) is 30.0 Å². The van der Waals surface area contributed by atoms with Crippen molar-refractivity contribution in [2.75, 3.05) is 6.54 Å². The number of amides is 1. The van der Waals surface area contributed by atoms with Gasteiger partial charge in [0.1, 0.15) is 5.82 Å². The molecule has 5 aliphatic carbocycles. The van der Waals surface area contributed by atoms with Crippen molar-refractivity contribution in [2.45, 2.75) is 124 Å². The number of hydrogen-bond acceptors (Lipinski definition) is 4. The van der Waals surface area contributed by atoms with Crippen molar-refractivity contribution in [3.8, 4) is 0 Å². The third-order valence-corrected chi connectivity index (χ3v) is 15.0. The Bertz CT molecular complexity index is 1270. The number of fused-ring (bicyclic) bond motifs is 4.